The lowest BCUT2D eigenvalue weighted by Gasteiger charge is -2.13. The van der Waals surface area contributed by atoms with Gasteiger partial charge in [-0.1, -0.05) is 42.5 Å². The molecule has 0 radical (unpaired) electrons. The van der Waals surface area contributed by atoms with Gasteiger partial charge in [-0.15, -0.1) is 0 Å². The van der Waals surface area contributed by atoms with E-state index in [2.05, 4.69) is 14.9 Å². The van der Waals surface area contributed by atoms with E-state index in [1.807, 2.05) is 54.9 Å². The number of nitrogens with one attached hydrogen (secondary N) is 1. The van der Waals surface area contributed by atoms with Crippen molar-refractivity contribution >= 4 is 11.6 Å². The molecule has 5 heteroatoms. The van der Waals surface area contributed by atoms with Crippen LogP contribution in [0.1, 0.15) is 23.7 Å². The van der Waals surface area contributed by atoms with E-state index in [0.717, 1.165) is 33.8 Å². The molecule has 26 heavy (non-hydrogen) atoms. The zero-order valence-corrected chi connectivity index (χ0v) is 14.6. The molecule has 132 valence electrons. The van der Waals surface area contributed by atoms with E-state index in [0.29, 0.717) is 19.4 Å². The van der Waals surface area contributed by atoms with Gasteiger partial charge in [0.25, 0.3) is 0 Å². The number of carbonyl (C=O) groups is 1. The zero-order chi connectivity index (χ0) is 18.1. The van der Waals surface area contributed by atoms with Gasteiger partial charge in [-0.05, 0) is 24.1 Å². The van der Waals surface area contributed by atoms with Crippen molar-refractivity contribution in [2.24, 2.45) is 0 Å². The lowest BCUT2D eigenvalue weighted by molar-refractivity contribution is -0.115. The molecule has 0 saturated carbocycles. The van der Waals surface area contributed by atoms with Crippen molar-refractivity contribution < 1.29 is 9.90 Å². The Labute approximate surface area is 152 Å². The number of aromatic nitrogens is 2. The van der Waals surface area contributed by atoms with Crippen LogP contribution in [0.25, 0.3) is 11.3 Å². The summed E-state index contributed by atoms with van der Waals surface area (Å²) in [4.78, 5) is 16.2. The predicted molar refractivity (Wildman–Crippen MR) is 101 cm³/mol. The average Bonchev–Trinajstić information content (AvgIpc) is 3.18. The largest absolute Gasteiger partial charge is 0.393 e. The molecule has 1 aromatic heterocycles. The first kappa shape index (κ1) is 16.5. The standard InChI is InChI=1S/C21H21N3O2/c1-14(25)9-19-21(16-5-3-2-4-6-16)22-13-24(19)12-15-7-8-17-11-20(26)23-18(17)10-15/h2-8,10,13-14,25H,9,11-12H2,1H3,(H,23,26). The van der Waals surface area contributed by atoms with Crippen LogP contribution < -0.4 is 5.32 Å². The van der Waals surface area contributed by atoms with Gasteiger partial charge in [0.1, 0.15) is 0 Å². The molecule has 2 N–H and O–H groups in total. The normalized spacial score (nSPS) is 14.2. The Hall–Kier alpha value is -2.92. The minimum absolute atomic E-state index is 0.0425. The minimum atomic E-state index is -0.452. The fraction of sp³-hybridized carbons (Fsp3) is 0.238. The lowest BCUT2D eigenvalue weighted by atomic mass is 10.1. The third-order valence-corrected chi connectivity index (χ3v) is 4.63. The smallest absolute Gasteiger partial charge is 0.228 e. The number of carbonyl (C=O) groups excluding carboxylic acids is 1. The summed E-state index contributed by atoms with van der Waals surface area (Å²) >= 11 is 0. The summed E-state index contributed by atoms with van der Waals surface area (Å²) in [6, 6.07) is 16.1. The van der Waals surface area contributed by atoms with Crippen molar-refractivity contribution in [2.45, 2.75) is 32.4 Å². The van der Waals surface area contributed by atoms with Gasteiger partial charge in [0, 0.05) is 29.9 Å². The van der Waals surface area contributed by atoms with Crippen molar-refractivity contribution in [1.29, 1.82) is 0 Å². The molecule has 1 amide bonds. The van der Waals surface area contributed by atoms with Crippen LogP contribution in [0.5, 0.6) is 0 Å². The van der Waals surface area contributed by atoms with Crippen LogP contribution in [0.4, 0.5) is 5.69 Å². The Morgan fingerprint density at radius 2 is 2.04 bits per heavy atom. The van der Waals surface area contributed by atoms with Gasteiger partial charge in [0.15, 0.2) is 0 Å². The van der Waals surface area contributed by atoms with E-state index >= 15 is 0 Å². The second kappa shape index (κ2) is 6.77. The van der Waals surface area contributed by atoms with Crippen molar-refractivity contribution in [3.05, 3.63) is 71.7 Å². The molecule has 1 aliphatic heterocycles. The van der Waals surface area contributed by atoms with Gasteiger partial charge in [0.05, 0.1) is 24.5 Å². The van der Waals surface area contributed by atoms with E-state index in [4.69, 9.17) is 0 Å². The summed E-state index contributed by atoms with van der Waals surface area (Å²) in [5, 5.41) is 12.9. The van der Waals surface area contributed by atoms with Crippen LogP contribution in [-0.2, 0) is 24.2 Å². The molecule has 0 spiro atoms. The number of imidazole rings is 1. The monoisotopic (exact) mass is 347 g/mol. The number of benzene rings is 2. The lowest BCUT2D eigenvalue weighted by Crippen LogP contribution is -2.12. The second-order valence-electron chi connectivity index (χ2n) is 6.80. The highest BCUT2D eigenvalue weighted by molar-refractivity contribution is 5.99. The number of fused-ring (bicyclic) bond motifs is 1. The predicted octanol–water partition coefficient (Wildman–Crippen LogP) is 3.02. The summed E-state index contributed by atoms with van der Waals surface area (Å²) in [6.45, 7) is 2.43. The first-order chi connectivity index (χ1) is 12.6. The molecule has 0 saturated heterocycles. The van der Waals surface area contributed by atoms with Crippen LogP contribution in [-0.4, -0.2) is 26.7 Å². The molecule has 1 aliphatic rings. The molecule has 1 atom stereocenters. The van der Waals surface area contributed by atoms with Gasteiger partial charge in [-0.25, -0.2) is 4.98 Å². The molecule has 5 nitrogen and oxygen atoms in total. The quantitative estimate of drug-likeness (QED) is 0.745. The molecule has 3 aromatic rings. The number of aliphatic hydroxyl groups excluding tert-OH is 1. The fourth-order valence-corrected chi connectivity index (χ4v) is 3.43. The van der Waals surface area contributed by atoms with Gasteiger partial charge >= 0.3 is 0 Å². The molecule has 4 rings (SSSR count). The molecule has 0 bridgehead atoms. The van der Waals surface area contributed by atoms with Gasteiger partial charge < -0.3 is 15.0 Å². The first-order valence-corrected chi connectivity index (χ1v) is 8.79. The number of aliphatic hydroxyl groups is 1. The zero-order valence-electron chi connectivity index (χ0n) is 14.6. The molecular formula is C21H21N3O2. The first-order valence-electron chi connectivity index (χ1n) is 8.79. The number of nitrogens with zero attached hydrogens (tertiary/aromatic N) is 2. The van der Waals surface area contributed by atoms with Gasteiger partial charge in [0.2, 0.25) is 5.91 Å². The summed E-state index contributed by atoms with van der Waals surface area (Å²) in [7, 11) is 0. The maximum Gasteiger partial charge on any atom is 0.228 e. The summed E-state index contributed by atoms with van der Waals surface area (Å²) < 4.78 is 2.08. The van der Waals surface area contributed by atoms with Crippen molar-refractivity contribution in [3.8, 4) is 11.3 Å². The van der Waals surface area contributed by atoms with E-state index in [1.165, 1.54) is 0 Å². The number of anilines is 1. The van der Waals surface area contributed by atoms with Gasteiger partial charge in [-0.3, -0.25) is 4.79 Å². The van der Waals surface area contributed by atoms with Crippen LogP contribution in [0, 0.1) is 0 Å². The topological polar surface area (TPSA) is 67.2 Å². The highest BCUT2D eigenvalue weighted by Gasteiger charge is 2.19. The van der Waals surface area contributed by atoms with Crippen molar-refractivity contribution in [3.63, 3.8) is 0 Å². The van der Waals surface area contributed by atoms with Crippen molar-refractivity contribution in [2.75, 3.05) is 5.32 Å². The molecular weight excluding hydrogens is 326 g/mol. The van der Waals surface area contributed by atoms with Crippen LogP contribution in [0.2, 0.25) is 0 Å². The maximum absolute atomic E-state index is 11.6. The second-order valence-corrected chi connectivity index (χ2v) is 6.80. The Kier molecular flexibility index (Phi) is 4.31. The van der Waals surface area contributed by atoms with Crippen LogP contribution in [0.3, 0.4) is 0 Å². The highest BCUT2D eigenvalue weighted by Crippen LogP contribution is 2.27. The van der Waals surface area contributed by atoms with E-state index in [1.54, 1.807) is 6.92 Å². The fourth-order valence-electron chi connectivity index (χ4n) is 3.43. The number of hydrogen-bond donors (Lipinski definition) is 2. The average molecular weight is 347 g/mol. The van der Waals surface area contributed by atoms with E-state index in [9.17, 15) is 9.90 Å². The Morgan fingerprint density at radius 3 is 2.81 bits per heavy atom. The molecule has 0 fully saturated rings. The maximum atomic E-state index is 11.6. The third-order valence-electron chi connectivity index (χ3n) is 4.63. The molecule has 1 unspecified atom stereocenters. The number of amides is 1. The van der Waals surface area contributed by atoms with E-state index < -0.39 is 6.10 Å². The number of rotatable bonds is 5. The number of hydrogen-bond acceptors (Lipinski definition) is 3. The summed E-state index contributed by atoms with van der Waals surface area (Å²) in [5.74, 6) is 0.0425. The summed E-state index contributed by atoms with van der Waals surface area (Å²) in [6.07, 6.45) is 2.36. The highest BCUT2D eigenvalue weighted by atomic mass is 16.3. The summed E-state index contributed by atoms with van der Waals surface area (Å²) in [5.41, 5.74) is 5.99. The Bertz CT molecular complexity index is 945. The van der Waals surface area contributed by atoms with Gasteiger partial charge in [-0.2, -0.15) is 0 Å². The third kappa shape index (κ3) is 3.26. The SMILES string of the molecule is CC(O)Cc1c(-c2ccccc2)ncn1Cc1ccc2c(c1)NC(=O)C2. The Balaban J connectivity index is 1.67. The van der Waals surface area contributed by atoms with Crippen LogP contribution in [0.15, 0.2) is 54.9 Å². The Morgan fingerprint density at radius 1 is 1.23 bits per heavy atom. The van der Waals surface area contributed by atoms with Crippen LogP contribution >= 0.6 is 0 Å². The molecule has 2 aromatic carbocycles. The molecule has 0 aliphatic carbocycles. The van der Waals surface area contributed by atoms with E-state index in [-0.39, 0.29) is 5.91 Å². The van der Waals surface area contributed by atoms with Crippen molar-refractivity contribution in [1.82, 2.24) is 9.55 Å². The minimum Gasteiger partial charge on any atom is -0.393 e. The molecule has 2 heterocycles.